The van der Waals surface area contributed by atoms with Gasteiger partial charge in [0.05, 0.1) is 12.0 Å². The molecule has 2 rings (SSSR count). The maximum Gasteiger partial charge on any atom is 0.391 e. The molecule has 0 saturated heterocycles. The summed E-state index contributed by atoms with van der Waals surface area (Å²) in [4.78, 5) is 0. The highest BCUT2D eigenvalue weighted by molar-refractivity contribution is 4.82. The molecular formula is C15H25F3O. The van der Waals surface area contributed by atoms with E-state index in [4.69, 9.17) is 0 Å². The molecule has 2 saturated carbocycles. The lowest BCUT2D eigenvalue weighted by molar-refractivity contribution is -0.186. The molecular weight excluding hydrogens is 253 g/mol. The van der Waals surface area contributed by atoms with E-state index in [0.717, 1.165) is 6.42 Å². The Labute approximate surface area is 113 Å². The van der Waals surface area contributed by atoms with E-state index in [0.29, 0.717) is 18.8 Å². The first-order valence-corrected chi connectivity index (χ1v) is 7.71. The van der Waals surface area contributed by atoms with Gasteiger partial charge in [-0.3, -0.25) is 0 Å². The molecule has 1 nitrogen and oxygen atoms in total. The van der Waals surface area contributed by atoms with E-state index in [-0.39, 0.29) is 24.9 Å². The predicted molar refractivity (Wildman–Crippen MR) is 68.7 cm³/mol. The highest BCUT2D eigenvalue weighted by Crippen LogP contribution is 2.41. The largest absolute Gasteiger partial charge is 0.393 e. The molecule has 1 atom stereocenters. The van der Waals surface area contributed by atoms with Gasteiger partial charge in [0.1, 0.15) is 0 Å². The van der Waals surface area contributed by atoms with Gasteiger partial charge in [0.2, 0.25) is 0 Å². The van der Waals surface area contributed by atoms with Crippen LogP contribution in [0.4, 0.5) is 13.2 Å². The summed E-state index contributed by atoms with van der Waals surface area (Å²) >= 11 is 0. The van der Waals surface area contributed by atoms with Crippen LogP contribution >= 0.6 is 0 Å². The molecule has 0 aliphatic heterocycles. The van der Waals surface area contributed by atoms with Crippen LogP contribution in [0.25, 0.3) is 0 Å². The average molecular weight is 278 g/mol. The predicted octanol–water partition coefficient (Wildman–Crippen LogP) is 4.69. The number of aliphatic hydroxyl groups is 1. The van der Waals surface area contributed by atoms with E-state index < -0.39 is 12.1 Å². The van der Waals surface area contributed by atoms with Gasteiger partial charge in [-0.05, 0) is 43.9 Å². The summed E-state index contributed by atoms with van der Waals surface area (Å²) in [6, 6.07) is 0. The number of halogens is 3. The van der Waals surface area contributed by atoms with E-state index in [1.807, 2.05) is 0 Å². The third-order valence-electron chi connectivity index (χ3n) is 5.08. The summed E-state index contributed by atoms with van der Waals surface area (Å²) in [7, 11) is 0. The zero-order valence-electron chi connectivity index (χ0n) is 11.5. The fourth-order valence-corrected chi connectivity index (χ4v) is 3.79. The lowest BCUT2D eigenvalue weighted by Crippen LogP contribution is -2.33. The van der Waals surface area contributed by atoms with Crippen molar-refractivity contribution in [3.8, 4) is 0 Å². The Balaban J connectivity index is 1.74. The number of hydrogen-bond donors (Lipinski definition) is 1. The first kappa shape index (κ1) is 15.1. The Morgan fingerprint density at radius 3 is 2.00 bits per heavy atom. The van der Waals surface area contributed by atoms with E-state index in [1.165, 1.54) is 32.1 Å². The fraction of sp³-hybridized carbons (Fsp3) is 1.00. The zero-order chi connectivity index (χ0) is 13.9. The topological polar surface area (TPSA) is 20.2 Å². The van der Waals surface area contributed by atoms with E-state index >= 15 is 0 Å². The van der Waals surface area contributed by atoms with Crippen LogP contribution in [-0.4, -0.2) is 17.4 Å². The number of alkyl halides is 3. The molecule has 112 valence electrons. The standard InChI is InChI=1S/C15H25F3O/c16-15(17,18)13-8-6-12(7-9-13)14(19)10-11-4-2-1-3-5-11/h11-14,19H,1-10H2. The molecule has 2 aliphatic carbocycles. The molecule has 0 amide bonds. The molecule has 2 aliphatic rings. The summed E-state index contributed by atoms with van der Waals surface area (Å²) in [5.74, 6) is -0.435. The van der Waals surface area contributed by atoms with Gasteiger partial charge < -0.3 is 5.11 Å². The lowest BCUT2D eigenvalue weighted by atomic mass is 9.75. The van der Waals surface area contributed by atoms with Crippen LogP contribution in [0.1, 0.15) is 64.2 Å². The smallest absolute Gasteiger partial charge is 0.391 e. The molecule has 0 heterocycles. The highest BCUT2D eigenvalue weighted by Gasteiger charge is 2.42. The molecule has 0 aromatic rings. The second-order valence-corrected chi connectivity index (χ2v) is 6.46. The van der Waals surface area contributed by atoms with Crippen molar-refractivity contribution in [2.24, 2.45) is 17.8 Å². The van der Waals surface area contributed by atoms with Gasteiger partial charge in [0.25, 0.3) is 0 Å². The van der Waals surface area contributed by atoms with Crippen LogP contribution in [0, 0.1) is 17.8 Å². The second-order valence-electron chi connectivity index (χ2n) is 6.46. The van der Waals surface area contributed by atoms with Gasteiger partial charge >= 0.3 is 6.18 Å². The summed E-state index contributed by atoms with van der Waals surface area (Å²) < 4.78 is 37.7. The molecule has 0 aromatic heterocycles. The summed E-state index contributed by atoms with van der Waals surface area (Å²) in [6.07, 6.45) is 4.05. The Morgan fingerprint density at radius 1 is 0.895 bits per heavy atom. The number of hydrogen-bond acceptors (Lipinski definition) is 1. The van der Waals surface area contributed by atoms with E-state index in [9.17, 15) is 18.3 Å². The Kier molecular flexibility index (Phi) is 5.15. The van der Waals surface area contributed by atoms with Crippen LogP contribution in [0.3, 0.4) is 0 Å². The molecule has 19 heavy (non-hydrogen) atoms. The molecule has 2 fully saturated rings. The highest BCUT2D eigenvalue weighted by atomic mass is 19.4. The maximum absolute atomic E-state index is 12.6. The number of aliphatic hydroxyl groups excluding tert-OH is 1. The fourth-order valence-electron chi connectivity index (χ4n) is 3.79. The first-order valence-electron chi connectivity index (χ1n) is 7.71. The molecule has 0 spiro atoms. The van der Waals surface area contributed by atoms with Gasteiger partial charge in [0.15, 0.2) is 0 Å². The Hall–Kier alpha value is -0.250. The Bertz CT molecular complexity index is 263. The van der Waals surface area contributed by atoms with Crippen molar-refractivity contribution in [2.75, 3.05) is 0 Å². The van der Waals surface area contributed by atoms with Crippen molar-refractivity contribution in [3.05, 3.63) is 0 Å². The third-order valence-corrected chi connectivity index (χ3v) is 5.08. The lowest BCUT2D eigenvalue weighted by Gasteiger charge is -2.34. The van der Waals surface area contributed by atoms with Gasteiger partial charge in [0, 0.05) is 0 Å². The van der Waals surface area contributed by atoms with Crippen molar-refractivity contribution < 1.29 is 18.3 Å². The van der Waals surface area contributed by atoms with Crippen LogP contribution < -0.4 is 0 Å². The summed E-state index contributed by atoms with van der Waals surface area (Å²) in [5, 5.41) is 10.2. The maximum atomic E-state index is 12.6. The van der Waals surface area contributed by atoms with E-state index in [2.05, 4.69) is 0 Å². The van der Waals surface area contributed by atoms with Gasteiger partial charge in [-0.1, -0.05) is 32.1 Å². The van der Waals surface area contributed by atoms with Crippen molar-refractivity contribution in [2.45, 2.75) is 76.5 Å². The first-order chi connectivity index (χ1) is 8.97. The van der Waals surface area contributed by atoms with Crippen LogP contribution in [0.2, 0.25) is 0 Å². The molecule has 0 aromatic carbocycles. The zero-order valence-corrected chi connectivity index (χ0v) is 11.5. The minimum atomic E-state index is -4.04. The van der Waals surface area contributed by atoms with Gasteiger partial charge in [-0.2, -0.15) is 13.2 Å². The van der Waals surface area contributed by atoms with E-state index in [1.54, 1.807) is 0 Å². The summed E-state index contributed by atoms with van der Waals surface area (Å²) in [6.45, 7) is 0. The minimum Gasteiger partial charge on any atom is -0.393 e. The average Bonchev–Trinajstić information content (AvgIpc) is 2.39. The third kappa shape index (κ3) is 4.37. The molecule has 0 bridgehead atoms. The Morgan fingerprint density at radius 2 is 1.47 bits per heavy atom. The van der Waals surface area contributed by atoms with Crippen LogP contribution in [-0.2, 0) is 0 Å². The SMILES string of the molecule is OC(CC1CCCCC1)C1CCC(C(F)(F)F)CC1. The normalized spacial score (nSPS) is 32.2. The second kappa shape index (κ2) is 6.47. The molecule has 0 radical (unpaired) electrons. The number of rotatable bonds is 3. The van der Waals surface area contributed by atoms with Crippen molar-refractivity contribution in [3.63, 3.8) is 0 Å². The molecule has 1 N–H and O–H groups in total. The van der Waals surface area contributed by atoms with Crippen LogP contribution in [0.15, 0.2) is 0 Å². The summed E-state index contributed by atoms with van der Waals surface area (Å²) in [5.41, 5.74) is 0. The molecule has 1 unspecified atom stereocenters. The quantitative estimate of drug-likeness (QED) is 0.794. The van der Waals surface area contributed by atoms with Crippen LogP contribution in [0.5, 0.6) is 0 Å². The monoisotopic (exact) mass is 278 g/mol. The minimum absolute atomic E-state index is 0.0977. The van der Waals surface area contributed by atoms with Crippen molar-refractivity contribution in [1.82, 2.24) is 0 Å². The van der Waals surface area contributed by atoms with Gasteiger partial charge in [-0.25, -0.2) is 0 Å². The molecule has 4 heteroatoms. The van der Waals surface area contributed by atoms with Crippen molar-refractivity contribution >= 4 is 0 Å². The van der Waals surface area contributed by atoms with Gasteiger partial charge in [-0.15, -0.1) is 0 Å². The van der Waals surface area contributed by atoms with Crippen molar-refractivity contribution in [1.29, 1.82) is 0 Å².